The molecular formula is C12H13BN2O2. The van der Waals surface area contributed by atoms with Gasteiger partial charge in [-0.2, -0.15) is 10.2 Å². The highest BCUT2D eigenvalue weighted by atomic mass is 16.4. The zero-order valence-electron chi connectivity index (χ0n) is 9.27. The molecule has 0 fully saturated rings. The van der Waals surface area contributed by atoms with Crippen LogP contribution in [0.25, 0.3) is 0 Å². The van der Waals surface area contributed by atoms with Crippen molar-refractivity contribution in [2.45, 2.75) is 0 Å². The Morgan fingerprint density at radius 1 is 0.647 bits per heavy atom. The van der Waals surface area contributed by atoms with Crippen LogP contribution in [0, 0.1) is 0 Å². The molecule has 0 aromatic heterocycles. The summed E-state index contributed by atoms with van der Waals surface area (Å²) in [4.78, 5) is 0. The molecule has 5 heteroatoms. The lowest BCUT2D eigenvalue weighted by molar-refractivity contribution is 0.448. The average molecular weight is 228 g/mol. The first-order valence-corrected chi connectivity index (χ1v) is 5.10. The van der Waals surface area contributed by atoms with Crippen molar-refractivity contribution >= 4 is 19.1 Å². The van der Waals surface area contributed by atoms with E-state index in [-0.39, 0.29) is 0 Å². The molecule has 0 spiro atoms. The molecule has 0 radical (unpaired) electrons. The number of nitrogens with zero attached hydrogens (tertiary/aromatic N) is 2. The lowest BCUT2D eigenvalue weighted by Gasteiger charge is -1.91. The van der Waals surface area contributed by atoms with Gasteiger partial charge in [-0.3, -0.25) is 0 Å². The van der Waals surface area contributed by atoms with E-state index in [1.165, 1.54) is 0 Å². The SMILES string of the molecule is OBO.c1ccc(/N=N/c2ccccc2)cc1. The zero-order chi connectivity index (χ0) is 12.3. The van der Waals surface area contributed by atoms with E-state index < -0.39 is 7.69 Å². The minimum Gasteiger partial charge on any atom is -0.430 e. The summed E-state index contributed by atoms with van der Waals surface area (Å²) in [6.45, 7) is 0. The number of hydrogen-bond acceptors (Lipinski definition) is 4. The summed E-state index contributed by atoms with van der Waals surface area (Å²) in [5.74, 6) is 0. The summed E-state index contributed by atoms with van der Waals surface area (Å²) in [5, 5.41) is 22.5. The molecule has 0 aliphatic heterocycles. The van der Waals surface area contributed by atoms with Crippen molar-refractivity contribution in [1.82, 2.24) is 0 Å². The lowest BCUT2D eigenvalue weighted by Crippen LogP contribution is -1.75. The van der Waals surface area contributed by atoms with Gasteiger partial charge in [0, 0.05) is 0 Å². The standard InChI is InChI=1S/C12H10N2.BH3O2/c1-3-7-11(8-4-1)13-14-12-9-5-2-6-10-12;2-1-3/h1-10H;1-3H/b14-13+;. The fourth-order valence-corrected chi connectivity index (χ4v) is 1.10. The Morgan fingerprint density at radius 3 is 1.24 bits per heavy atom. The third-order valence-electron chi connectivity index (χ3n) is 1.79. The Morgan fingerprint density at radius 2 is 0.941 bits per heavy atom. The quantitative estimate of drug-likeness (QED) is 0.611. The predicted molar refractivity (Wildman–Crippen MR) is 68.6 cm³/mol. The molecule has 0 saturated carbocycles. The van der Waals surface area contributed by atoms with Crippen molar-refractivity contribution in [3.8, 4) is 0 Å². The molecule has 0 bridgehead atoms. The van der Waals surface area contributed by atoms with Crippen LogP contribution < -0.4 is 0 Å². The first-order chi connectivity index (χ1) is 8.36. The molecule has 0 aliphatic rings. The molecule has 0 unspecified atom stereocenters. The molecule has 0 saturated heterocycles. The van der Waals surface area contributed by atoms with Gasteiger partial charge in [-0.05, 0) is 24.3 Å². The third-order valence-corrected chi connectivity index (χ3v) is 1.79. The molecule has 4 nitrogen and oxygen atoms in total. The van der Waals surface area contributed by atoms with E-state index in [9.17, 15) is 0 Å². The Bertz CT molecular complexity index is 393. The van der Waals surface area contributed by atoms with E-state index in [0.29, 0.717) is 0 Å². The average Bonchev–Trinajstić information content (AvgIpc) is 2.40. The Labute approximate surface area is 101 Å². The van der Waals surface area contributed by atoms with Crippen molar-refractivity contribution in [3.05, 3.63) is 60.7 Å². The normalized spacial score (nSPS) is 9.53. The highest BCUT2D eigenvalue weighted by molar-refractivity contribution is 6.13. The molecule has 0 atom stereocenters. The van der Waals surface area contributed by atoms with Crippen molar-refractivity contribution in [1.29, 1.82) is 0 Å². The second-order valence-corrected chi connectivity index (χ2v) is 3.01. The summed E-state index contributed by atoms with van der Waals surface area (Å²) >= 11 is 0. The summed E-state index contributed by atoms with van der Waals surface area (Å²) < 4.78 is 0. The van der Waals surface area contributed by atoms with Gasteiger partial charge in [-0.25, -0.2) is 0 Å². The van der Waals surface area contributed by atoms with Crippen LogP contribution in [0.15, 0.2) is 70.9 Å². The van der Waals surface area contributed by atoms with Crippen LogP contribution >= 0.6 is 0 Å². The van der Waals surface area contributed by atoms with E-state index in [1.54, 1.807) is 0 Å². The maximum atomic E-state index is 7.12. The minimum atomic E-state index is -0.750. The maximum Gasteiger partial charge on any atom is 0.432 e. The molecular weight excluding hydrogens is 215 g/mol. The van der Waals surface area contributed by atoms with Gasteiger partial charge in [0.1, 0.15) is 0 Å². The first-order valence-electron chi connectivity index (χ1n) is 5.10. The fourth-order valence-electron chi connectivity index (χ4n) is 1.10. The summed E-state index contributed by atoms with van der Waals surface area (Å²) in [6.07, 6.45) is 0. The van der Waals surface area contributed by atoms with Gasteiger partial charge < -0.3 is 10.0 Å². The zero-order valence-corrected chi connectivity index (χ0v) is 9.27. The van der Waals surface area contributed by atoms with Crippen LogP contribution in [0.3, 0.4) is 0 Å². The molecule has 0 amide bonds. The smallest absolute Gasteiger partial charge is 0.430 e. The molecule has 86 valence electrons. The number of azo groups is 1. The van der Waals surface area contributed by atoms with Crippen LogP contribution in [-0.4, -0.2) is 17.7 Å². The molecule has 2 aromatic rings. The number of hydrogen-bond donors (Lipinski definition) is 2. The van der Waals surface area contributed by atoms with E-state index in [0.717, 1.165) is 11.4 Å². The van der Waals surface area contributed by atoms with E-state index in [2.05, 4.69) is 10.2 Å². The largest absolute Gasteiger partial charge is 0.432 e. The van der Waals surface area contributed by atoms with E-state index in [4.69, 9.17) is 10.0 Å². The van der Waals surface area contributed by atoms with Crippen LogP contribution in [0.4, 0.5) is 11.4 Å². The topological polar surface area (TPSA) is 65.2 Å². The molecule has 2 rings (SSSR count). The van der Waals surface area contributed by atoms with Crippen molar-refractivity contribution < 1.29 is 10.0 Å². The molecule has 0 aliphatic carbocycles. The second-order valence-electron chi connectivity index (χ2n) is 3.01. The van der Waals surface area contributed by atoms with Crippen molar-refractivity contribution in [2.75, 3.05) is 0 Å². The van der Waals surface area contributed by atoms with Crippen LogP contribution in [-0.2, 0) is 0 Å². The molecule has 0 heterocycles. The van der Waals surface area contributed by atoms with Crippen molar-refractivity contribution in [2.24, 2.45) is 10.2 Å². The first kappa shape index (κ1) is 13.1. The van der Waals surface area contributed by atoms with Gasteiger partial charge in [0.2, 0.25) is 0 Å². The van der Waals surface area contributed by atoms with Gasteiger partial charge in [0.05, 0.1) is 11.4 Å². The predicted octanol–water partition coefficient (Wildman–Crippen LogP) is 2.34. The van der Waals surface area contributed by atoms with E-state index in [1.807, 2.05) is 60.7 Å². The Hall–Kier alpha value is -1.98. The Kier molecular flexibility index (Phi) is 6.32. The van der Waals surface area contributed by atoms with Crippen LogP contribution in [0.2, 0.25) is 0 Å². The highest BCUT2D eigenvalue weighted by Crippen LogP contribution is 2.16. The number of rotatable bonds is 2. The Balaban J connectivity index is 0.000000437. The van der Waals surface area contributed by atoms with Crippen LogP contribution in [0.1, 0.15) is 0 Å². The summed E-state index contributed by atoms with van der Waals surface area (Å²) in [7, 11) is -0.750. The van der Waals surface area contributed by atoms with Crippen LogP contribution in [0.5, 0.6) is 0 Å². The molecule has 17 heavy (non-hydrogen) atoms. The van der Waals surface area contributed by atoms with Gasteiger partial charge in [0.25, 0.3) is 0 Å². The second kappa shape index (κ2) is 8.21. The monoisotopic (exact) mass is 228 g/mol. The number of benzene rings is 2. The third kappa shape index (κ3) is 5.60. The fraction of sp³-hybridized carbons (Fsp3) is 0. The summed E-state index contributed by atoms with van der Waals surface area (Å²) in [5.41, 5.74) is 1.74. The maximum absolute atomic E-state index is 7.12. The van der Waals surface area contributed by atoms with Gasteiger partial charge in [0.15, 0.2) is 0 Å². The lowest BCUT2D eigenvalue weighted by atomic mass is 10.3. The van der Waals surface area contributed by atoms with Crippen molar-refractivity contribution in [3.63, 3.8) is 0 Å². The molecule has 2 aromatic carbocycles. The minimum absolute atomic E-state index is 0.750. The highest BCUT2D eigenvalue weighted by Gasteiger charge is 1.86. The molecule has 2 N–H and O–H groups in total. The summed E-state index contributed by atoms with van der Waals surface area (Å²) in [6, 6.07) is 19.4. The van der Waals surface area contributed by atoms with Gasteiger partial charge >= 0.3 is 7.69 Å². The van der Waals surface area contributed by atoms with Gasteiger partial charge in [-0.1, -0.05) is 36.4 Å². The van der Waals surface area contributed by atoms with Gasteiger partial charge in [-0.15, -0.1) is 0 Å². The van der Waals surface area contributed by atoms with E-state index >= 15 is 0 Å².